The zero-order valence-electron chi connectivity index (χ0n) is 35.0. The number of halogens is 2. The third-order valence-corrected chi connectivity index (χ3v) is 11.3. The van der Waals surface area contributed by atoms with Gasteiger partial charge in [-0.05, 0) is 167 Å². The van der Waals surface area contributed by atoms with E-state index < -0.39 is 16.4 Å². The van der Waals surface area contributed by atoms with Crippen LogP contribution in [0.2, 0.25) is 0 Å². The lowest BCUT2D eigenvalue weighted by atomic mass is 9.87. The minimum absolute atomic E-state index is 0. The summed E-state index contributed by atoms with van der Waals surface area (Å²) in [6, 6.07) is 2.27. The third-order valence-electron chi connectivity index (χ3n) is 11.3. The topological polar surface area (TPSA) is 166 Å². The van der Waals surface area contributed by atoms with E-state index in [4.69, 9.17) is 25.7 Å². The molecule has 3 aromatic rings. The average molecular weight is 806 g/mol. The molecule has 4 N–H and O–H groups in total. The fourth-order valence-corrected chi connectivity index (χ4v) is 7.60. The Bertz CT molecular complexity index is 1960. The van der Waals surface area contributed by atoms with Crippen molar-refractivity contribution in [3.8, 4) is 17.2 Å². The Hall–Kier alpha value is -3.80. The van der Waals surface area contributed by atoms with Gasteiger partial charge in [-0.25, -0.2) is 0 Å². The molecule has 3 aliphatic heterocycles. The van der Waals surface area contributed by atoms with Gasteiger partial charge in [0, 0.05) is 39.4 Å². The Kier molecular flexibility index (Phi) is 15.1. The van der Waals surface area contributed by atoms with Crippen LogP contribution in [0.4, 0.5) is 11.4 Å². The molecule has 0 spiro atoms. The number of nitrogen functional groups attached to an aromatic ring is 1. The van der Waals surface area contributed by atoms with Gasteiger partial charge in [-0.1, -0.05) is 6.07 Å². The van der Waals surface area contributed by atoms with Crippen LogP contribution in [0.15, 0.2) is 6.07 Å². The van der Waals surface area contributed by atoms with Crippen molar-refractivity contribution in [1.29, 1.82) is 0 Å². The number of nitrogens with zero attached hydrogens (tertiary/aromatic N) is 2. The van der Waals surface area contributed by atoms with E-state index in [1.54, 1.807) is 13.8 Å². The molecule has 0 aromatic heterocycles. The van der Waals surface area contributed by atoms with Crippen LogP contribution in [-0.2, 0) is 32.4 Å². The number of ether oxygens (including phenoxy) is 3. The van der Waals surface area contributed by atoms with E-state index >= 15 is 0 Å². The lowest BCUT2D eigenvalue weighted by molar-refractivity contribution is -0.498. The number of anilines is 1. The molecule has 3 aromatic carbocycles. The highest BCUT2D eigenvalue weighted by molar-refractivity contribution is 5.85. The van der Waals surface area contributed by atoms with Gasteiger partial charge in [0.2, 0.25) is 6.54 Å². The summed E-state index contributed by atoms with van der Waals surface area (Å²) in [7, 11) is 0. The van der Waals surface area contributed by atoms with Crippen molar-refractivity contribution in [2.75, 3.05) is 5.73 Å². The summed E-state index contributed by atoms with van der Waals surface area (Å²) in [5.74, 6) is 2.73. The van der Waals surface area contributed by atoms with Gasteiger partial charge in [0.15, 0.2) is 0 Å². The van der Waals surface area contributed by atoms with Crippen molar-refractivity contribution in [3.63, 3.8) is 0 Å². The minimum Gasteiger partial charge on any atom is -0.487 e. The molecule has 0 radical (unpaired) electrons. The number of nitrogens with two attached hydrogens (primary N) is 2. The molecule has 13 heteroatoms. The molecule has 0 fully saturated rings. The molecule has 0 saturated heterocycles. The van der Waals surface area contributed by atoms with Gasteiger partial charge in [0.1, 0.15) is 39.6 Å². The summed E-state index contributed by atoms with van der Waals surface area (Å²) < 4.78 is 18.2. The molecule has 0 amide bonds. The number of nitro groups is 2. The molecule has 306 valence electrons. The zero-order chi connectivity index (χ0) is 40.0. The summed E-state index contributed by atoms with van der Waals surface area (Å²) >= 11 is 0. The first-order valence-electron chi connectivity index (χ1n) is 18.6. The van der Waals surface area contributed by atoms with Crippen molar-refractivity contribution < 1.29 is 24.1 Å². The molecule has 0 unspecified atom stereocenters. The van der Waals surface area contributed by atoms with E-state index in [0.717, 1.165) is 59.6 Å². The summed E-state index contributed by atoms with van der Waals surface area (Å²) in [6.45, 7) is 26.4. The molecule has 0 saturated carbocycles. The van der Waals surface area contributed by atoms with Gasteiger partial charge in [-0.15, -0.1) is 24.8 Å². The predicted molar refractivity (Wildman–Crippen MR) is 226 cm³/mol. The van der Waals surface area contributed by atoms with Crippen molar-refractivity contribution >= 4 is 36.2 Å². The SMILES string of the molecule is Cc1c(C)c([N+](=O)[O-])c(C[N+](=O)[O-])c2c1OC(C)(C)CC2.Cc1c(C)c2c(c(CN)c1N)CCC(C)(C)O2.Cc1cc(C)c2c(c1C)OC(C)(C)CC2.Cl.Cl. The van der Waals surface area contributed by atoms with Crippen molar-refractivity contribution in [2.45, 2.75) is 158 Å². The first-order chi connectivity index (χ1) is 24.4. The van der Waals surface area contributed by atoms with Crippen LogP contribution < -0.4 is 25.7 Å². The second-order valence-electron chi connectivity index (χ2n) is 16.8. The summed E-state index contributed by atoms with van der Waals surface area (Å²) in [4.78, 5) is 21.2. The fraction of sp³-hybridized carbons (Fsp3) is 0.571. The van der Waals surface area contributed by atoms with E-state index in [-0.39, 0.29) is 52.9 Å². The molecule has 3 heterocycles. The fourth-order valence-electron chi connectivity index (χ4n) is 7.60. The lowest BCUT2D eigenvalue weighted by Crippen LogP contribution is -2.34. The summed E-state index contributed by atoms with van der Waals surface area (Å²) in [5, 5.41) is 22.2. The number of hydrogen-bond acceptors (Lipinski definition) is 9. The Labute approximate surface area is 339 Å². The second-order valence-corrected chi connectivity index (χ2v) is 16.8. The number of hydrogen-bond donors (Lipinski definition) is 2. The number of nitro benzene ring substituents is 1. The number of aryl methyl sites for hydroxylation is 2. The standard InChI is InChI=1S/C14H18N2O5.C14H22N2O.C14H20O.2ClH/c1-8-9(2)13-10(5-6-14(3,4)21-13)11(7-15(17)18)12(8)16(19)20;1-8-9(2)13-10(11(7-15)12(8)16)5-6-14(3,4)17-13;1-9-8-10(2)12-6-7-14(4,5)15-13(12)11(9)3;;/h5-7H2,1-4H3;5-7,15-16H2,1-4H3;8H,6-7H2,1-5H3;2*1H. The Morgan fingerprint density at radius 2 is 1.02 bits per heavy atom. The number of fused-ring (bicyclic) bond motifs is 3. The Balaban J connectivity index is 0.000000284. The van der Waals surface area contributed by atoms with E-state index in [1.807, 2.05) is 20.8 Å². The molecule has 0 bridgehead atoms. The highest BCUT2D eigenvalue weighted by Crippen LogP contribution is 2.45. The van der Waals surface area contributed by atoms with E-state index in [0.29, 0.717) is 41.8 Å². The highest BCUT2D eigenvalue weighted by atomic mass is 35.5. The van der Waals surface area contributed by atoms with E-state index in [9.17, 15) is 20.2 Å². The molecule has 11 nitrogen and oxygen atoms in total. The number of rotatable bonds is 4. The maximum atomic E-state index is 11.3. The highest BCUT2D eigenvalue weighted by Gasteiger charge is 2.37. The zero-order valence-corrected chi connectivity index (χ0v) is 36.6. The van der Waals surface area contributed by atoms with Gasteiger partial charge in [0.05, 0.1) is 4.92 Å². The predicted octanol–water partition coefficient (Wildman–Crippen LogP) is 10.1. The van der Waals surface area contributed by atoms with Gasteiger partial charge in [-0.2, -0.15) is 0 Å². The third kappa shape index (κ3) is 10.1. The monoisotopic (exact) mass is 804 g/mol. The van der Waals surface area contributed by atoms with Gasteiger partial charge in [-0.3, -0.25) is 20.2 Å². The molecule has 0 atom stereocenters. The van der Waals surface area contributed by atoms with E-state index in [1.165, 1.54) is 27.8 Å². The summed E-state index contributed by atoms with van der Waals surface area (Å²) in [5.41, 5.74) is 24.1. The Morgan fingerprint density at radius 3 is 1.44 bits per heavy atom. The van der Waals surface area contributed by atoms with Gasteiger partial charge >= 0.3 is 0 Å². The largest absolute Gasteiger partial charge is 0.487 e. The van der Waals surface area contributed by atoms with Crippen LogP contribution in [0.3, 0.4) is 0 Å². The molecular weight excluding hydrogens is 743 g/mol. The van der Waals surface area contributed by atoms with Crippen LogP contribution in [0, 0.1) is 68.7 Å². The maximum absolute atomic E-state index is 11.3. The summed E-state index contributed by atoms with van der Waals surface area (Å²) in [6.07, 6.45) is 5.49. The molecular formula is C42H62Cl2N4O7. The van der Waals surface area contributed by atoms with Crippen molar-refractivity contribution in [3.05, 3.63) is 93.1 Å². The maximum Gasteiger partial charge on any atom is 0.282 e. The van der Waals surface area contributed by atoms with Crippen LogP contribution in [0.5, 0.6) is 17.2 Å². The van der Waals surface area contributed by atoms with Gasteiger partial charge in [0.25, 0.3) is 5.69 Å². The second kappa shape index (κ2) is 17.6. The number of benzene rings is 3. The van der Waals surface area contributed by atoms with Crippen LogP contribution in [0.25, 0.3) is 0 Å². The normalized spacial score (nSPS) is 16.5. The smallest absolute Gasteiger partial charge is 0.282 e. The van der Waals surface area contributed by atoms with Crippen LogP contribution >= 0.6 is 24.8 Å². The minimum atomic E-state index is -0.552. The molecule has 3 aliphatic rings. The van der Waals surface area contributed by atoms with Crippen LogP contribution in [-0.4, -0.2) is 26.6 Å². The van der Waals surface area contributed by atoms with Crippen LogP contribution in [0.1, 0.15) is 128 Å². The van der Waals surface area contributed by atoms with Crippen molar-refractivity contribution in [1.82, 2.24) is 0 Å². The van der Waals surface area contributed by atoms with E-state index in [2.05, 4.69) is 61.5 Å². The molecule has 55 heavy (non-hydrogen) atoms. The quantitative estimate of drug-likeness (QED) is 0.148. The first kappa shape index (κ1) is 47.4. The Morgan fingerprint density at radius 1 is 0.618 bits per heavy atom. The van der Waals surface area contributed by atoms with Crippen molar-refractivity contribution in [2.24, 2.45) is 5.73 Å². The average Bonchev–Trinajstić information content (AvgIpc) is 3.05. The first-order valence-corrected chi connectivity index (χ1v) is 18.6. The molecule has 6 rings (SSSR count). The van der Waals surface area contributed by atoms with Gasteiger partial charge < -0.3 is 25.7 Å². The lowest BCUT2D eigenvalue weighted by Gasteiger charge is -2.35. The molecule has 0 aliphatic carbocycles.